The van der Waals surface area contributed by atoms with Crippen LogP contribution < -0.4 is 10.1 Å². The van der Waals surface area contributed by atoms with Crippen LogP contribution in [0.1, 0.15) is 22.3 Å². The molecule has 0 radical (unpaired) electrons. The van der Waals surface area contributed by atoms with Crippen LogP contribution in [-0.2, 0) is 10.3 Å². The van der Waals surface area contributed by atoms with Crippen LogP contribution in [0.3, 0.4) is 0 Å². The summed E-state index contributed by atoms with van der Waals surface area (Å²) >= 11 is 0. The molecule has 0 aliphatic carbocycles. The van der Waals surface area contributed by atoms with E-state index in [4.69, 9.17) is 4.74 Å². The second kappa shape index (κ2) is 7.59. The lowest BCUT2D eigenvalue weighted by atomic mass is 9.84. The zero-order chi connectivity index (χ0) is 23.3. The monoisotopic (exact) mass is 451 g/mol. The fourth-order valence-electron chi connectivity index (χ4n) is 4.99. The zero-order valence-electron chi connectivity index (χ0n) is 18.2. The average molecular weight is 451 g/mol. The Bertz CT molecular complexity index is 1460. The van der Waals surface area contributed by atoms with E-state index in [1.807, 2.05) is 60.7 Å². The normalized spacial score (nSPS) is 19.2. The molecule has 3 aromatic carbocycles. The number of nitrogens with one attached hydrogen (secondary N) is 2. The highest BCUT2D eigenvalue weighted by atomic mass is 16.5. The van der Waals surface area contributed by atoms with E-state index in [2.05, 4.69) is 10.3 Å². The molecular formula is C27H21N3O4. The lowest BCUT2D eigenvalue weighted by molar-refractivity contribution is -0.132. The minimum atomic E-state index is -1.21. The fraction of sp³-hybridized carbons (Fsp3) is 0.148. The molecule has 7 heteroatoms. The molecule has 0 saturated carbocycles. The largest absolute Gasteiger partial charge is 0.493 e. The first-order valence-electron chi connectivity index (χ1n) is 11.1. The van der Waals surface area contributed by atoms with Crippen molar-refractivity contribution in [1.82, 2.24) is 15.2 Å². The van der Waals surface area contributed by atoms with E-state index in [-0.39, 0.29) is 12.3 Å². The van der Waals surface area contributed by atoms with Crippen molar-refractivity contribution >= 4 is 28.6 Å². The second-order valence-electron chi connectivity index (χ2n) is 8.53. The molecule has 1 saturated heterocycles. The number of nitrogens with zero attached hydrogens (tertiary/aromatic N) is 1. The molecule has 1 fully saturated rings. The Morgan fingerprint density at radius 3 is 2.53 bits per heavy atom. The zero-order valence-corrected chi connectivity index (χ0v) is 18.2. The Kier molecular flexibility index (Phi) is 4.52. The first-order valence-corrected chi connectivity index (χ1v) is 11.1. The van der Waals surface area contributed by atoms with Gasteiger partial charge in [0.15, 0.2) is 11.3 Å². The summed E-state index contributed by atoms with van der Waals surface area (Å²) < 4.78 is 5.69. The van der Waals surface area contributed by atoms with Gasteiger partial charge in [-0.15, -0.1) is 0 Å². The van der Waals surface area contributed by atoms with Gasteiger partial charge in [0, 0.05) is 22.9 Å². The summed E-state index contributed by atoms with van der Waals surface area (Å²) in [7, 11) is 0. The number of imide groups is 1. The maximum atomic E-state index is 13.7. The number of hydrogen-bond donors (Lipinski definition) is 2. The van der Waals surface area contributed by atoms with Crippen LogP contribution in [0.25, 0.3) is 22.2 Å². The van der Waals surface area contributed by atoms with Crippen LogP contribution in [-0.4, -0.2) is 40.8 Å². The van der Waals surface area contributed by atoms with E-state index in [1.165, 1.54) is 0 Å². The molecule has 7 nitrogen and oxygen atoms in total. The Morgan fingerprint density at radius 1 is 0.941 bits per heavy atom. The van der Waals surface area contributed by atoms with Gasteiger partial charge in [0.1, 0.15) is 5.75 Å². The van der Waals surface area contributed by atoms with Gasteiger partial charge in [-0.3, -0.25) is 14.5 Å². The van der Waals surface area contributed by atoms with Crippen molar-refractivity contribution in [2.24, 2.45) is 0 Å². The number of para-hydroxylation sites is 2. The van der Waals surface area contributed by atoms with Crippen molar-refractivity contribution in [2.75, 3.05) is 13.2 Å². The van der Waals surface area contributed by atoms with Gasteiger partial charge >= 0.3 is 6.03 Å². The summed E-state index contributed by atoms with van der Waals surface area (Å²) in [4.78, 5) is 44.6. The van der Waals surface area contributed by atoms with E-state index in [1.54, 1.807) is 18.2 Å². The van der Waals surface area contributed by atoms with Crippen molar-refractivity contribution in [3.8, 4) is 17.0 Å². The molecule has 1 atom stereocenters. The van der Waals surface area contributed by atoms with Gasteiger partial charge in [-0.25, -0.2) is 4.79 Å². The van der Waals surface area contributed by atoms with Gasteiger partial charge in [-0.1, -0.05) is 66.7 Å². The van der Waals surface area contributed by atoms with Crippen molar-refractivity contribution < 1.29 is 19.1 Å². The third kappa shape index (κ3) is 2.94. The van der Waals surface area contributed by atoms with E-state index in [9.17, 15) is 14.4 Å². The molecular weight excluding hydrogens is 430 g/mol. The quantitative estimate of drug-likeness (QED) is 0.359. The van der Waals surface area contributed by atoms with Crippen LogP contribution in [0.2, 0.25) is 0 Å². The summed E-state index contributed by atoms with van der Waals surface area (Å²) in [5, 5.41) is 3.61. The highest BCUT2D eigenvalue weighted by molar-refractivity contribution is 6.17. The number of aromatic amines is 1. The van der Waals surface area contributed by atoms with Gasteiger partial charge in [0.25, 0.3) is 5.91 Å². The van der Waals surface area contributed by atoms with Crippen molar-refractivity contribution in [3.63, 3.8) is 0 Å². The Hall–Kier alpha value is -4.39. The van der Waals surface area contributed by atoms with Crippen LogP contribution >= 0.6 is 0 Å². The molecule has 1 spiro atoms. The standard InChI is InChI=1S/C27H21N3O4/c31-21(23-18-10-4-6-12-20(18)28-24(23)17-8-2-1-3-9-17)16-30-25(32)27(29-26(30)33)14-15-34-22-13-7-5-11-19(22)27/h1-13,28H,14-16H2,(H,29,33)/t27-/m1/s1. The van der Waals surface area contributed by atoms with Gasteiger partial charge in [0.2, 0.25) is 0 Å². The first kappa shape index (κ1) is 20.2. The molecule has 34 heavy (non-hydrogen) atoms. The summed E-state index contributed by atoms with van der Waals surface area (Å²) in [5.74, 6) is -0.168. The number of hydrogen-bond acceptors (Lipinski definition) is 4. The summed E-state index contributed by atoms with van der Waals surface area (Å²) in [6.07, 6.45) is 0.307. The number of ketones is 1. The number of urea groups is 1. The third-order valence-corrected chi connectivity index (χ3v) is 6.61. The SMILES string of the molecule is O=C(CN1C(=O)N[C@@]2(CCOc3ccccc32)C1=O)c1c(-c2ccccc2)[nH]c2ccccc12. The van der Waals surface area contributed by atoms with Crippen LogP contribution in [0.15, 0.2) is 78.9 Å². The van der Waals surface area contributed by atoms with Crippen molar-refractivity contribution in [1.29, 1.82) is 0 Å². The fourth-order valence-corrected chi connectivity index (χ4v) is 4.99. The molecule has 4 aromatic rings. The molecule has 6 rings (SSSR count). The van der Waals surface area contributed by atoms with Crippen molar-refractivity contribution in [3.05, 3.63) is 90.0 Å². The second-order valence-corrected chi connectivity index (χ2v) is 8.53. The van der Waals surface area contributed by atoms with E-state index in [0.29, 0.717) is 35.6 Å². The Labute approximate surface area is 195 Å². The maximum absolute atomic E-state index is 13.7. The van der Waals surface area contributed by atoms with Gasteiger partial charge in [-0.2, -0.15) is 0 Å². The average Bonchev–Trinajstić information content (AvgIpc) is 3.37. The molecule has 3 heterocycles. The van der Waals surface area contributed by atoms with Crippen LogP contribution in [0.5, 0.6) is 5.75 Å². The van der Waals surface area contributed by atoms with E-state index < -0.39 is 17.5 Å². The Balaban J connectivity index is 1.39. The lowest BCUT2D eigenvalue weighted by Crippen LogP contribution is -2.47. The summed E-state index contributed by atoms with van der Waals surface area (Å²) in [6.45, 7) is -0.0530. The number of aromatic nitrogens is 1. The number of amides is 3. The maximum Gasteiger partial charge on any atom is 0.325 e. The number of ether oxygens (including phenoxy) is 1. The van der Waals surface area contributed by atoms with Gasteiger partial charge in [-0.05, 0) is 17.7 Å². The first-order chi connectivity index (χ1) is 16.6. The van der Waals surface area contributed by atoms with E-state index in [0.717, 1.165) is 21.4 Å². The highest BCUT2D eigenvalue weighted by Gasteiger charge is 2.55. The lowest BCUT2D eigenvalue weighted by Gasteiger charge is -2.33. The molecule has 0 bridgehead atoms. The highest BCUT2D eigenvalue weighted by Crippen LogP contribution is 2.41. The summed E-state index contributed by atoms with van der Waals surface area (Å²) in [6, 6.07) is 23.7. The molecule has 1 aromatic heterocycles. The molecule has 2 aliphatic rings. The number of carbonyl (C=O) groups is 3. The minimum Gasteiger partial charge on any atom is -0.493 e. The number of fused-ring (bicyclic) bond motifs is 3. The summed E-state index contributed by atoms with van der Waals surface area (Å²) in [5.41, 5.74) is 2.22. The molecule has 2 N–H and O–H groups in total. The predicted molar refractivity (Wildman–Crippen MR) is 127 cm³/mol. The number of carbonyl (C=O) groups excluding carboxylic acids is 3. The van der Waals surface area contributed by atoms with Crippen LogP contribution in [0.4, 0.5) is 4.79 Å². The number of rotatable bonds is 4. The Morgan fingerprint density at radius 2 is 1.68 bits per heavy atom. The van der Waals surface area contributed by atoms with E-state index >= 15 is 0 Å². The predicted octanol–water partition coefficient (Wildman–Crippen LogP) is 4.25. The van der Waals surface area contributed by atoms with Gasteiger partial charge in [0.05, 0.1) is 24.4 Å². The third-order valence-electron chi connectivity index (χ3n) is 6.61. The molecule has 3 amide bonds. The topological polar surface area (TPSA) is 91.5 Å². The number of benzene rings is 3. The molecule has 168 valence electrons. The van der Waals surface area contributed by atoms with Crippen molar-refractivity contribution in [2.45, 2.75) is 12.0 Å². The molecule has 2 aliphatic heterocycles. The van der Waals surface area contributed by atoms with Gasteiger partial charge < -0.3 is 15.0 Å². The smallest absolute Gasteiger partial charge is 0.325 e. The van der Waals surface area contributed by atoms with Crippen LogP contribution in [0, 0.1) is 0 Å². The minimum absolute atomic E-state index is 0.297. The number of H-pyrrole nitrogens is 1. The molecule has 0 unspecified atom stereocenters. The number of Topliss-reactive ketones (excluding diaryl/α,β-unsaturated/α-hetero) is 1.